The van der Waals surface area contributed by atoms with E-state index in [1.807, 2.05) is 0 Å². The lowest BCUT2D eigenvalue weighted by atomic mass is 10.8. The van der Waals surface area contributed by atoms with Crippen molar-refractivity contribution in [2.45, 2.75) is 6.30 Å². The zero-order valence-corrected chi connectivity index (χ0v) is 6.14. The van der Waals surface area contributed by atoms with E-state index in [1.54, 1.807) is 0 Å². The van der Waals surface area contributed by atoms with Crippen LogP contribution in [0.2, 0.25) is 0 Å². The summed E-state index contributed by atoms with van der Waals surface area (Å²) in [6.07, 6.45) is -4.66. The molecule has 0 aliphatic heterocycles. The van der Waals surface area contributed by atoms with Gasteiger partial charge in [0.25, 0.3) is 0 Å². The highest BCUT2D eigenvalue weighted by Gasteiger charge is 2.36. The summed E-state index contributed by atoms with van der Waals surface area (Å²) < 4.78 is 34.0. The topological polar surface area (TPSA) is 72.3 Å². The zero-order valence-electron chi connectivity index (χ0n) is 6.14. The highest BCUT2D eigenvalue weighted by Crippen LogP contribution is 2.17. The summed E-state index contributed by atoms with van der Waals surface area (Å²) >= 11 is 0. The summed E-state index contributed by atoms with van der Waals surface area (Å²) in [6, 6.07) is -1.51. The van der Waals surface area contributed by atoms with Gasteiger partial charge in [0.1, 0.15) is 0 Å². The molecule has 0 fully saturated rings. The molecule has 0 radical (unpaired) electrons. The summed E-state index contributed by atoms with van der Waals surface area (Å²) in [6.45, 7) is 0. The second kappa shape index (κ2) is 4.78. The average Bonchev–Trinajstić information content (AvgIpc) is 1.89. The molecule has 0 heterocycles. The number of hydrogen-bond acceptors (Lipinski definition) is 2. The number of alkyl halides is 3. The number of halogens is 3. The monoisotopic (exact) mass is 173 g/mol. The minimum absolute atomic E-state index is 0.507. The van der Waals surface area contributed by atoms with Crippen molar-refractivity contribution in [1.82, 2.24) is 4.90 Å². The molecule has 7 heteroatoms. The third-order valence-electron chi connectivity index (χ3n) is 0.711. The average molecular weight is 173 g/mol. The Balaban J connectivity index is 0. The molecule has 4 N–H and O–H groups in total. The maximum absolute atomic E-state index is 11.3. The number of amides is 2. The quantitative estimate of drug-likeness (QED) is 0.509. The summed E-state index contributed by atoms with van der Waals surface area (Å²) in [5.74, 6) is 0. The Bertz CT molecular complexity index is 124. The molecule has 4 nitrogen and oxygen atoms in total. The smallest absolute Gasteiger partial charge is 0.351 e. The fourth-order valence-electron chi connectivity index (χ4n) is 0.125. The fourth-order valence-corrected chi connectivity index (χ4v) is 0.125. The van der Waals surface area contributed by atoms with Crippen LogP contribution in [0.4, 0.5) is 18.0 Å². The summed E-state index contributed by atoms with van der Waals surface area (Å²) in [7, 11) is 2.06. The van der Waals surface area contributed by atoms with Crippen LogP contribution in [0.3, 0.4) is 0 Å². The van der Waals surface area contributed by atoms with Gasteiger partial charge in [-0.3, -0.25) is 0 Å². The molecule has 0 bridgehead atoms. The highest BCUT2D eigenvalue weighted by atomic mass is 19.4. The molecule has 0 saturated carbocycles. The normalized spacial score (nSPS) is 9.64. The maximum Gasteiger partial charge on any atom is 0.488 e. The Morgan fingerprint density at radius 2 is 1.64 bits per heavy atom. The molecule has 0 aliphatic rings. The van der Waals surface area contributed by atoms with E-state index in [1.165, 1.54) is 7.05 Å². The van der Waals surface area contributed by atoms with Gasteiger partial charge < -0.3 is 11.5 Å². The van der Waals surface area contributed by atoms with E-state index < -0.39 is 17.2 Å². The van der Waals surface area contributed by atoms with Crippen LogP contribution < -0.4 is 11.5 Å². The number of carbonyl (C=O) groups is 1. The lowest BCUT2D eigenvalue weighted by molar-refractivity contribution is -0.214. The third-order valence-corrected chi connectivity index (χ3v) is 0.711. The molecule has 0 aromatic rings. The lowest BCUT2D eigenvalue weighted by Crippen LogP contribution is -2.42. The first-order valence-electron chi connectivity index (χ1n) is 2.53. The van der Waals surface area contributed by atoms with Crippen LogP contribution in [-0.4, -0.2) is 31.3 Å². The molecule has 0 aliphatic carbocycles. The number of nitrogens with zero attached hydrogens (tertiary/aromatic N) is 1. The minimum Gasteiger partial charge on any atom is -0.351 e. The number of rotatable bonds is 0. The molecule has 68 valence electrons. The van der Waals surface area contributed by atoms with E-state index in [9.17, 15) is 18.0 Å². The number of hydrogen-bond donors (Lipinski definition) is 2. The molecule has 0 aromatic heterocycles. The number of primary amides is 1. The van der Waals surface area contributed by atoms with Crippen LogP contribution in [0.15, 0.2) is 0 Å². The first-order chi connectivity index (χ1) is 4.85. The predicted octanol–water partition coefficient (Wildman–Crippen LogP) is 0.0916. The summed E-state index contributed by atoms with van der Waals surface area (Å²) in [4.78, 5) is 9.27. The molecule has 2 amide bonds. The van der Waals surface area contributed by atoms with Gasteiger partial charge in [-0.25, -0.2) is 9.69 Å². The standard InChI is InChI=1S/C3H5F3N2O.CH5N/c1-8(2(7)9)3(4,5)6;1-2/h1H3,(H2,7,9);2H2,1H3. The Morgan fingerprint density at radius 1 is 1.36 bits per heavy atom. The molecule has 0 rings (SSSR count). The van der Waals surface area contributed by atoms with Crippen molar-refractivity contribution in [2.75, 3.05) is 14.1 Å². The van der Waals surface area contributed by atoms with Gasteiger partial charge in [0.2, 0.25) is 0 Å². The summed E-state index contributed by atoms with van der Waals surface area (Å²) in [5, 5.41) is 0. The molecule has 0 saturated heterocycles. The van der Waals surface area contributed by atoms with Crippen LogP contribution in [-0.2, 0) is 0 Å². The molecule has 0 spiro atoms. The van der Waals surface area contributed by atoms with Crippen LogP contribution in [0, 0.1) is 0 Å². The van der Waals surface area contributed by atoms with E-state index in [2.05, 4.69) is 11.5 Å². The molecule has 0 aromatic carbocycles. The van der Waals surface area contributed by atoms with Crippen molar-refractivity contribution in [3.05, 3.63) is 0 Å². The molecule has 0 unspecified atom stereocenters. The van der Waals surface area contributed by atoms with Gasteiger partial charge in [-0.2, -0.15) is 0 Å². The van der Waals surface area contributed by atoms with Crippen LogP contribution in [0.1, 0.15) is 0 Å². The van der Waals surface area contributed by atoms with Crippen LogP contribution in [0.25, 0.3) is 0 Å². The Morgan fingerprint density at radius 3 is 1.64 bits per heavy atom. The number of carbonyl (C=O) groups excluding carboxylic acids is 1. The first kappa shape index (κ1) is 12.7. The van der Waals surface area contributed by atoms with Gasteiger partial charge in [0.05, 0.1) is 0 Å². The highest BCUT2D eigenvalue weighted by molar-refractivity contribution is 5.71. The van der Waals surface area contributed by atoms with Crippen molar-refractivity contribution in [2.24, 2.45) is 11.5 Å². The first-order valence-corrected chi connectivity index (χ1v) is 2.53. The number of urea groups is 1. The van der Waals surface area contributed by atoms with E-state index in [-0.39, 0.29) is 0 Å². The van der Waals surface area contributed by atoms with Gasteiger partial charge in [-0.15, -0.1) is 13.2 Å². The fraction of sp³-hybridized carbons (Fsp3) is 0.750. The van der Waals surface area contributed by atoms with Crippen molar-refractivity contribution in [3.8, 4) is 0 Å². The SMILES string of the molecule is CN.CN(C(N)=O)C(F)(F)F. The second-order valence-electron chi connectivity index (χ2n) is 1.37. The van der Waals surface area contributed by atoms with E-state index in [0.717, 1.165) is 0 Å². The molecular weight excluding hydrogens is 163 g/mol. The van der Waals surface area contributed by atoms with E-state index in [0.29, 0.717) is 7.05 Å². The van der Waals surface area contributed by atoms with Gasteiger partial charge in [0.15, 0.2) is 0 Å². The Hall–Kier alpha value is -0.980. The van der Waals surface area contributed by atoms with Crippen molar-refractivity contribution < 1.29 is 18.0 Å². The van der Waals surface area contributed by atoms with Crippen LogP contribution >= 0.6 is 0 Å². The maximum atomic E-state index is 11.3. The van der Waals surface area contributed by atoms with Gasteiger partial charge >= 0.3 is 12.3 Å². The molecule has 11 heavy (non-hydrogen) atoms. The second-order valence-corrected chi connectivity index (χ2v) is 1.37. The largest absolute Gasteiger partial charge is 0.488 e. The Kier molecular flexibility index (Phi) is 5.50. The Labute approximate surface area is 61.9 Å². The van der Waals surface area contributed by atoms with E-state index >= 15 is 0 Å². The molecular formula is C4H10F3N3O. The zero-order chi connectivity index (χ0) is 9.65. The number of nitrogens with two attached hydrogens (primary N) is 2. The van der Waals surface area contributed by atoms with Gasteiger partial charge in [0, 0.05) is 7.05 Å². The molecule has 0 atom stereocenters. The minimum atomic E-state index is -4.66. The van der Waals surface area contributed by atoms with Crippen molar-refractivity contribution in [1.29, 1.82) is 0 Å². The third kappa shape index (κ3) is 5.46. The van der Waals surface area contributed by atoms with Gasteiger partial charge in [-0.1, -0.05) is 0 Å². The lowest BCUT2D eigenvalue weighted by Gasteiger charge is -2.16. The predicted molar refractivity (Wildman–Crippen MR) is 33.5 cm³/mol. The van der Waals surface area contributed by atoms with Crippen LogP contribution in [0.5, 0.6) is 0 Å². The van der Waals surface area contributed by atoms with E-state index in [4.69, 9.17) is 0 Å². The van der Waals surface area contributed by atoms with Crippen molar-refractivity contribution in [3.63, 3.8) is 0 Å². The van der Waals surface area contributed by atoms with Gasteiger partial charge in [-0.05, 0) is 7.05 Å². The van der Waals surface area contributed by atoms with Crippen molar-refractivity contribution >= 4 is 6.03 Å². The summed E-state index contributed by atoms with van der Waals surface area (Å²) in [5.41, 5.74) is 8.79.